The molecule has 39 heavy (non-hydrogen) atoms. The van der Waals surface area contributed by atoms with Crippen LogP contribution in [0, 0.1) is 5.82 Å². The zero-order valence-electron chi connectivity index (χ0n) is 22.8. The smallest absolute Gasteiger partial charge is 0.407 e. The number of nitrogens with zero attached hydrogens (tertiary/aromatic N) is 2. The first-order valence-electron chi connectivity index (χ1n) is 12.8. The predicted octanol–water partition coefficient (Wildman–Crippen LogP) is 4.44. The number of anilines is 1. The number of piperazine rings is 1. The lowest BCUT2D eigenvalue weighted by atomic mass is 10.1. The number of amides is 3. The third kappa shape index (κ3) is 10.0. The summed E-state index contributed by atoms with van der Waals surface area (Å²) in [5.74, 6) is -0.488. The summed E-state index contributed by atoms with van der Waals surface area (Å²) in [5.41, 5.74) is 0.714. The molecule has 11 heteroatoms. The van der Waals surface area contributed by atoms with Crippen LogP contribution in [0.3, 0.4) is 0 Å². The Kier molecular flexibility index (Phi) is 10.5. The molecule has 2 N–H and O–H groups in total. The zero-order chi connectivity index (χ0) is 28.6. The second-order valence-electron chi connectivity index (χ2n) is 10.5. The van der Waals surface area contributed by atoms with Crippen molar-refractivity contribution in [3.05, 3.63) is 58.9 Å². The molecular weight excluding hydrogens is 527 g/mol. The molecule has 0 spiro atoms. The molecule has 1 aliphatic heterocycles. The van der Waals surface area contributed by atoms with E-state index in [1.165, 1.54) is 18.2 Å². The lowest BCUT2D eigenvalue weighted by molar-refractivity contribution is -0.138. The van der Waals surface area contributed by atoms with Crippen molar-refractivity contribution in [3.63, 3.8) is 0 Å². The molecule has 0 radical (unpaired) electrons. The Balaban J connectivity index is 1.48. The number of halogens is 2. The second-order valence-corrected chi connectivity index (χ2v) is 10.9. The van der Waals surface area contributed by atoms with Crippen molar-refractivity contribution in [2.75, 3.05) is 38.1 Å². The van der Waals surface area contributed by atoms with Crippen molar-refractivity contribution in [1.82, 2.24) is 15.1 Å². The Morgan fingerprint density at radius 1 is 1.10 bits per heavy atom. The molecule has 2 aromatic carbocycles. The number of rotatable bonds is 9. The van der Waals surface area contributed by atoms with Crippen LogP contribution in [0.4, 0.5) is 14.9 Å². The van der Waals surface area contributed by atoms with Crippen LogP contribution >= 0.6 is 11.6 Å². The van der Waals surface area contributed by atoms with Gasteiger partial charge in [0, 0.05) is 50.2 Å². The molecule has 0 bridgehead atoms. The van der Waals surface area contributed by atoms with E-state index in [0.717, 1.165) is 5.56 Å². The van der Waals surface area contributed by atoms with Gasteiger partial charge in [-0.1, -0.05) is 23.7 Å². The van der Waals surface area contributed by atoms with Gasteiger partial charge < -0.3 is 25.0 Å². The van der Waals surface area contributed by atoms with Crippen LogP contribution in [0.5, 0.6) is 5.75 Å². The second kappa shape index (κ2) is 13.6. The Hall–Kier alpha value is -3.37. The van der Waals surface area contributed by atoms with Crippen molar-refractivity contribution in [1.29, 1.82) is 0 Å². The summed E-state index contributed by atoms with van der Waals surface area (Å²) in [6.45, 7) is 9.71. The number of hydrogen-bond acceptors (Lipinski definition) is 6. The maximum atomic E-state index is 13.2. The predicted molar refractivity (Wildman–Crippen MR) is 147 cm³/mol. The van der Waals surface area contributed by atoms with Gasteiger partial charge in [0.25, 0.3) is 5.91 Å². The fraction of sp³-hybridized carbons (Fsp3) is 0.464. The Morgan fingerprint density at radius 3 is 2.49 bits per heavy atom. The largest absolute Gasteiger partial charge is 0.482 e. The minimum Gasteiger partial charge on any atom is -0.482 e. The number of hydrogen-bond donors (Lipinski definition) is 2. The van der Waals surface area contributed by atoms with Gasteiger partial charge in [0.1, 0.15) is 17.2 Å². The number of nitrogens with one attached hydrogen (secondary N) is 2. The fourth-order valence-electron chi connectivity index (χ4n) is 4.15. The summed E-state index contributed by atoms with van der Waals surface area (Å²) in [6, 6.07) is 11.1. The average Bonchev–Trinajstić information content (AvgIpc) is 2.84. The Bertz CT molecular complexity index is 1160. The van der Waals surface area contributed by atoms with Gasteiger partial charge in [-0.05, 0) is 63.6 Å². The van der Waals surface area contributed by atoms with Crippen molar-refractivity contribution >= 4 is 35.2 Å². The van der Waals surface area contributed by atoms with E-state index in [4.69, 9.17) is 21.1 Å². The summed E-state index contributed by atoms with van der Waals surface area (Å²) in [6.07, 6.45) is -0.602. The SMILES string of the molecule is CC1CN(Cc2ccc(F)cc2)CCN1C(=O)COc1ccc(Cl)cc1NC(=O)CCNC(=O)OC(C)(C)C. The van der Waals surface area contributed by atoms with Crippen LogP contribution in [0.25, 0.3) is 0 Å². The molecule has 0 aliphatic carbocycles. The van der Waals surface area contributed by atoms with Crippen LogP contribution in [0.15, 0.2) is 42.5 Å². The number of ether oxygens (including phenoxy) is 2. The van der Waals surface area contributed by atoms with Crippen LogP contribution in [0.1, 0.15) is 39.7 Å². The molecule has 1 saturated heterocycles. The van der Waals surface area contributed by atoms with Crippen molar-refractivity contribution in [2.45, 2.75) is 52.3 Å². The van der Waals surface area contributed by atoms with Gasteiger partial charge >= 0.3 is 6.09 Å². The van der Waals surface area contributed by atoms with Crippen LogP contribution in [-0.2, 0) is 20.9 Å². The highest BCUT2D eigenvalue weighted by Gasteiger charge is 2.28. The van der Waals surface area contributed by atoms with E-state index in [2.05, 4.69) is 15.5 Å². The third-order valence-electron chi connectivity index (χ3n) is 5.94. The Morgan fingerprint density at radius 2 is 1.82 bits per heavy atom. The maximum Gasteiger partial charge on any atom is 0.407 e. The van der Waals surface area contributed by atoms with E-state index in [-0.39, 0.29) is 43.2 Å². The van der Waals surface area contributed by atoms with Gasteiger partial charge in [-0.2, -0.15) is 0 Å². The first-order chi connectivity index (χ1) is 18.4. The summed E-state index contributed by atoms with van der Waals surface area (Å²) in [7, 11) is 0. The van der Waals surface area contributed by atoms with Gasteiger partial charge in [0.2, 0.25) is 5.91 Å². The van der Waals surface area contributed by atoms with Crippen LogP contribution in [0.2, 0.25) is 5.02 Å². The van der Waals surface area contributed by atoms with Crippen LogP contribution < -0.4 is 15.4 Å². The minimum absolute atomic E-state index is 0.00381. The number of carbonyl (C=O) groups is 3. The molecule has 0 aromatic heterocycles. The summed E-state index contributed by atoms with van der Waals surface area (Å²) < 4.78 is 24.1. The topological polar surface area (TPSA) is 100 Å². The zero-order valence-corrected chi connectivity index (χ0v) is 23.5. The summed E-state index contributed by atoms with van der Waals surface area (Å²) >= 11 is 6.11. The lowest BCUT2D eigenvalue weighted by Gasteiger charge is -2.39. The Labute approximate surface area is 233 Å². The lowest BCUT2D eigenvalue weighted by Crippen LogP contribution is -2.54. The van der Waals surface area contributed by atoms with Gasteiger partial charge in [0.05, 0.1) is 5.69 Å². The monoisotopic (exact) mass is 562 g/mol. The standard InChI is InChI=1S/C28H36ClFN4O5/c1-19-16-33(17-20-5-8-22(30)9-6-20)13-14-34(19)26(36)18-38-24-10-7-21(29)15-23(24)32-25(35)11-12-31-27(37)39-28(2,3)4/h5-10,15,19H,11-14,16-18H2,1-4H3,(H,31,37)(H,32,35). The fourth-order valence-corrected chi connectivity index (χ4v) is 4.32. The van der Waals surface area contributed by atoms with E-state index < -0.39 is 11.7 Å². The number of alkyl carbamates (subject to hydrolysis) is 1. The minimum atomic E-state index is -0.633. The van der Waals surface area contributed by atoms with Crippen molar-refractivity contribution < 1.29 is 28.2 Å². The van der Waals surface area contributed by atoms with E-state index in [9.17, 15) is 18.8 Å². The molecular formula is C28H36ClFN4O5. The molecule has 1 fully saturated rings. The molecule has 0 saturated carbocycles. The molecule has 1 heterocycles. The quantitative estimate of drug-likeness (QED) is 0.468. The molecule has 3 amide bonds. The molecule has 212 valence electrons. The molecule has 1 aliphatic rings. The van der Waals surface area contributed by atoms with Gasteiger partial charge in [-0.3, -0.25) is 14.5 Å². The number of carbonyl (C=O) groups excluding carboxylic acids is 3. The van der Waals surface area contributed by atoms with E-state index in [1.54, 1.807) is 49.9 Å². The van der Waals surface area contributed by atoms with Gasteiger partial charge in [-0.15, -0.1) is 0 Å². The molecule has 1 atom stereocenters. The number of benzene rings is 2. The first-order valence-corrected chi connectivity index (χ1v) is 13.2. The summed E-state index contributed by atoms with van der Waals surface area (Å²) in [5, 5.41) is 5.65. The molecule has 3 rings (SSSR count). The molecule has 1 unspecified atom stereocenters. The van der Waals surface area contributed by atoms with Crippen LogP contribution in [-0.4, -0.2) is 72.1 Å². The van der Waals surface area contributed by atoms with E-state index in [0.29, 0.717) is 42.6 Å². The first kappa shape index (κ1) is 30.2. The normalized spacial score (nSPS) is 15.9. The van der Waals surface area contributed by atoms with E-state index >= 15 is 0 Å². The van der Waals surface area contributed by atoms with Crippen molar-refractivity contribution in [2.24, 2.45) is 0 Å². The van der Waals surface area contributed by atoms with Gasteiger partial charge in [0.15, 0.2) is 6.61 Å². The third-order valence-corrected chi connectivity index (χ3v) is 6.17. The summed E-state index contributed by atoms with van der Waals surface area (Å²) in [4.78, 5) is 41.2. The molecule has 9 nitrogen and oxygen atoms in total. The molecule has 2 aromatic rings. The van der Waals surface area contributed by atoms with Crippen molar-refractivity contribution in [3.8, 4) is 5.75 Å². The average molecular weight is 563 g/mol. The highest BCUT2D eigenvalue weighted by Crippen LogP contribution is 2.28. The maximum absolute atomic E-state index is 13.2. The highest BCUT2D eigenvalue weighted by molar-refractivity contribution is 6.31. The van der Waals surface area contributed by atoms with Gasteiger partial charge in [-0.25, -0.2) is 9.18 Å². The van der Waals surface area contributed by atoms with E-state index in [1.807, 2.05) is 6.92 Å². The highest BCUT2D eigenvalue weighted by atomic mass is 35.5.